The second-order valence-corrected chi connectivity index (χ2v) is 6.45. The minimum Gasteiger partial charge on any atom is -0.481 e. The monoisotopic (exact) mass is 350 g/mol. The number of ketones is 1. The Labute approximate surface area is 144 Å². The number of Topliss-reactive ketones (excluding diaryl/α,β-unsaturated/α-hetero) is 1. The van der Waals surface area contributed by atoms with Gasteiger partial charge in [-0.2, -0.15) is 0 Å². The molecule has 2 aromatic rings. The van der Waals surface area contributed by atoms with Gasteiger partial charge in [-0.1, -0.05) is 35.3 Å². The third-order valence-corrected chi connectivity index (χ3v) is 4.44. The summed E-state index contributed by atoms with van der Waals surface area (Å²) < 4.78 is 0. The standard InChI is InChI=1S/C18H16Cl2O3/c1-18(17(22)23,13-3-2-4-15(20)11-13)10-9-16(21)12-5-7-14(19)8-6-12/h2-8,11H,9-10H2,1H3,(H,22,23). The summed E-state index contributed by atoms with van der Waals surface area (Å²) in [7, 11) is 0. The van der Waals surface area contributed by atoms with Crippen LogP contribution in [0.25, 0.3) is 0 Å². The van der Waals surface area contributed by atoms with Crippen molar-refractivity contribution < 1.29 is 14.7 Å². The van der Waals surface area contributed by atoms with Crippen molar-refractivity contribution in [2.75, 3.05) is 0 Å². The van der Waals surface area contributed by atoms with E-state index < -0.39 is 11.4 Å². The topological polar surface area (TPSA) is 54.4 Å². The van der Waals surface area contributed by atoms with Gasteiger partial charge in [0, 0.05) is 22.0 Å². The van der Waals surface area contributed by atoms with Gasteiger partial charge in [0.1, 0.15) is 0 Å². The lowest BCUT2D eigenvalue weighted by Crippen LogP contribution is -2.33. The van der Waals surface area contributed by atoms with E-state index in [0.29, 0.717) is 21.2 Å². The number of aliphatic carboxylic acids is 1. The lowest BCUT2D eigenvalue weighted by atomic mass is 9.78. The van der Waals surface area contributed by atoms with Gasteiger partial charge in [-0.25, -0.2) is 0 Å². The van der Waals surface area contributed by atoms with Crippen LogP contribution in [0.4, 0.5) is 0 Å². The molecule has 0 fully saturated rings. The summed E-state index contributed by atoms with van der Waals surface area (Å²) in [4.78, 5) is 24.0. The predicted octanol–water partition coefficient (Wildman–Crippen LogP) is 5.00. The fourth-order valence-electron chi connectivity index (χ4n) is 2.35. The van der Waals surface area contributed by atoms with Crippen molar-refractivity contribution in [3.8, 4) is 0 Å². The molecule has 0 saturated carbocycles. The third-order valence-electron chi connectivity index (χ3n) is 3.95. The molecule has 120 valence electrons. The van der Waals surface area contributed by atoms with Gasteiger partial charge in [0.2, 0.25) is 0 Å². The Morgan fingerprint density at radius 1 is 1.04 bits per heavy atom. The van der Waals surface area contributed by atoms with E-state index >= 15 is 0 Å². The van der Waals surface area contributed by atoms with Crippen LogP contribution in [0.15, 0.2) is 48.5 Å². The number of carbonyl (C=O) groups excluding carboxylic acids is 1. The normalized spacial score (nSPS) is 13.3. The first-order chi connectivity index (χ1) is 10.8. The van der Waals surface area contributed by atoms with Gasteiger partial charge in [-0.05, 0) is 55.3 Å². The molecule has 0 aliphatic heterocycles. The largest absolute Gasteiger partial charge is 0.481 e. The molecule has 23 heavy (non-hydrogen) atoms. The van der Waals surface area contributed by atoms with Crippen molar-refractivity contribution in [2.24, 2.45) is 0 Å². The molecule has 2 aromatic carbocycles. The summed E-state index contributed by atoms with van der Waals surface area (Å²) >= 11 is 11.8. The molecule has 0 aliphatic rings. The van der Waals surface area contributed by atoms with Crippen LogP contribution < -0.4 is 0 Å². The fourth-order valence-corrected chi connectivity index (χ4v) is 2.67. The van der Waals surface area contributed by atoms with Crippen LogP contribution in [-0.2, 0) is 10.2 Å². The van der Waals surface area contributed by atoms with Crippen LogP contribution in [0.5, 0.6) is 0 Å². The summed E-state index contributed by atoms with van der Waals surface area (Å²) in [6, 6.07) is 13.3. The fraction of sp³-hybridized carbons (Fsp3) is 0.222. The maximum Gasteiger partial charge on any atom is 0.313 e. The van der Waals surface area contributed by atoms with E-state index in [0.717, 1.165) is 0 Å². The molecule has 1 N–H and O–H groups in total. The Morgan fingerprint density at radius 3 is 2.26 bits per heavy atom. The number of carboxylic acids is 1. The summed E-state index contributed by atoms with van der Waals surface area (Å²) in [5.74, 6) is -1.10. The first kappa shape index (κ1) is 17.5. The van der Waals surface area contributed by atoms with E-state index in [9.17, 15) is 14.7 Å². The smallest absolute Gasteiger partial charge is 0.313 e. The van der Waals surface area contributed by atoms with E-state index in [4.69, 9.17) is 23.2 Å². The van der Waals surface area contributed by atoms with E-state index in [2.05, 4.69) is 0 Å². The van der Waals surface area contributed by atoms with Crippen molar-refractivity contribution in [1.82, 2.24) is 0 Å². The van der Waals surface area contributed by atoms with Gasteiger partial charge in [0.25, 0.3) is 0 Å². The van der Waals surface area contributed by atoms with Gasteiger partial charge >= 0.3 is 5.97 Å². The van der Waals surface area contributed by atoms with E-state index in [1.54, 1.807) is 55.5 Å². The summed E-state index contributed by atoms with van der Waals surface area (Å²) in [6.45, 7) is 1.61. The van der Waals surface area contributed by atoms with Gasteiger partial charge in [0.15, 0.2) is 5.78 Å². The van der Waals surface area contributed by atoms with Crippen molar-refractivity contribution in [3.63, 3.8) is 0 Å². The highest BCUT2D eigenvalue weighted by Gasteiger charge is 2.35. The number of benzene rings is 2. The van der Waals surface area contributed by atoms with E-state index in [1.807, 2.05) is 0 Å². The van der Waals surface area contributed by atoms with Crippen LogP contribution in [0, 0.1) is 0 Å². The van der Waals surface area contributed by atoms with Crippen LogP contribution in [-0.4, -0.2) is 16.9 Å². The van der Waals surface area contributed by atoms with Crippen LogP contribution >= 0.6 is 23.2 Å². The molecule has 0 spiro atoms. The first-order valence-electron chi connectivity index (χ1n) is 7.11. The summed E-state index contributed by atoms with van der Waals surface area (Å²) in [6.07, 6.45) is 0.307. The second kappa shape index (κ2) is 7.16. The Bertz CT molecular complexity index is 725. The van der Waals surface area contributed by atoms with Crippen LogP contribution in [0.1, 0.15) is 35.7 Å². The molecule has 0 saturated heterocycles. The maximum absolute atomic E-state index is 12.3. The molecule has 0 aliphatic carbocycles. The quantitative estimate of drug-likeness (QED) is 0.745. The number of rotatable bonds is 6. The summed E-state index contributed by atoms with van der Waals surface area (Å²) in [5, 5.41) is 10.6. The molecule has 0 bridgehead atoms. The maximum atomic E-state index is 12.3. The Balaban J connectivity index is 2.18. The minimum atomic E-state index is -1.17. The SMILES string of the molecule is CC(CCC(=O)c1ccc(Cl)cc1)(C(=O)O)c1cccc(Cl)c1. The number of hydrogen-bond donors (Lipinski definition) is 1. The number of carboxylic acid groups (broad SMARTS) is 1. The Morgan fingerprint density at radius 2 is 1.70 bits per heavy atom. The Hall–Kier alpha value is -1.84. The zero-order valence-electron chi connectivity index (χ0n) is 12.6. The zero-order valence-corrected chi connectivity index (χ0v) is 14.1. The van der Waals surface area contributed by atoms with Crippen molar-refractivity contribution in [2.45, 2.75) is 25.2 Å². The van der Waals surface area contributed by atoms with Crippen molar-refractivity contribution in [1.29, 1.82) is 0 Å². The van der Waals surface area contributed by atoms with Crippen molar-refractivity contribution in [3.05, 3.63) is 69.7 Å². The molecule has 1 atom stereocenters. The van der Waals surface area contributed by atoms with Crippen LogP contribution in [0.2, 0.25) is 10.0 Å². The average molecular weight is 351 g/mol. The number of halogens is 2. The van der Waals surface area contributed by atoms with Gasteiger partial charge < -0.3 is 5.11 Å². The molecule has 0 heterocycles. The first-order valence-corrected chi connectivity index (χ1v) is 7.87. The Kier molecular flexibility index (Phi) is 5.45. The highest BCUT2D eigenvalue weighted by atomic mass is 35.5. The minimum absolute atomic E-state index is 0.115. The zero-order chi connectivity index (χ0) is 17.0. The molecular formula is C18H16Cl2O3. The molecule has 3 nitrogen and oxygen atoms in total. The molecule has 2 rings (SSSR count). The van der Waals surface area contributed by atoms with Gasteiger partial charge in [-0.15, -0.1) is 0 Å². The highest BCUT2D eigenvalue weighted by molar-refractivity contribution is 6.31. The lowest BCUT2D eigenvalue weighted by molar-refractivity contribution is -0.143. The number of carbonyl (C=O) groups is 2. The lowest BCUT2D eigenvalue weighted by Gasteiger charge is -2.25. The third kappa shape index (κ3) is 4.12. The summed E-state index contributed by atoms with van der Waals surface area (Å²) in [5.41, 5.74) is -0.0675. The average Bonchev–Trinajstić information content (AvgIpc) is 2.52. The van der Waals surface area contributed by atoms with E-state index in [-0.39, 0.29) is 18.6 Å². The molecular weight excluding hydrogens is 335 g/mol. The van der Waals surface area contributed by atoms with Crippen LogP contribution in [0.3, 0.4) is 0 Å². The van der Waals surface area contributed by atoms with E-state index in [1.165, 1.54) is 0 Å². The predicted molar refractivity (Wildman–Crippen MR) is 91.5 cm³/mol. The number of hydrogen-bond acceptors (Lipinski definition) is 2. The molecule has 5 heteroatoms. The van der Waals surface area contributed by atoms with Crippen molar-refractivity contribution >= 4 is 35.0 Å². The molecule has 0 amide bonds. The highest BCUT2D eigenvalue weighted by Crippen LogP contribution is 2.31. The molecule has 1 unspecified atom stereocenters. The molecule has 0 radical (unpaired) electrons. The van der Waals surface area contributed by atoms with Gasteiger partial charge in [-0.3, -0.25) is 9.59 Å². The van der Waals surface area contributed by atoms with Gasteiger partial charge in [0.05, 0.1) is 5.41 Å². The molecule has 0 aromatic heterocycles. The second-order valence-electron chi connectivity index (χ2n) is 5.58.